The molecule has 1 fully saturated rings. The molecule has 0 N–H and O–H groups in total. The van der Waals surface area contributed by atoms with E-state index in [1.165, 1.54) is 12.3 Å². The number of methoxy groups -OCH3 is 1. The van der Waals surface area contributed by atoms with Gasteiger partial charge in [-0.25, -0.2) is 8.42 Å². The van der Waals surface area contributed by atoms with Gasteiger partial charge in [0, 0.05) is 43.1 Å². The molecule has 0 aromatic carbocycles. The number of nitrogens with zero attached hydrogens (tertiary/aromatic N) is 2. The van der Waals surface area contributed by atoms with Crippen LogP contribution in [0.15, 0.2) is 17.2 Å². The van der Waals surface area contributed by atoms with Crippen molar-refractivity contribution in [3.05, 3.63) is 18.0 Å². The van der Waals surface area contributed by atoms with Crippen LogP contribution in [0.5, 0.6) is 0 Å². The zero-order chi connectivity index (χ0) is 15.8. The van der Waals surface area contributed by atoms with Crippen molar-refractivity contribution in [2.24, 2.45) is 0 Å². The van der Waals surface area contributed by atoms with Crippen LogP contribution in [0.1, 0.15) is 36.8 Å². The Morgan fingerprint density at radius 3 is 2.62 bits per heavy atom. The van der Waals surface area contributed by atoms with Gasteiger partial charge in [-0.2, -0.15) is 0 Å². The standard InChI is InChI=1S/C13H19ClN2O4S/c1-9(2)16-8-11(21(14,18)19)6-12(16)13(17)15-5-4-10(7-15)20-3/h6,8-10H,4-5,7H2,1-3H3. The summed E-state index contributed by atoms with van der Waals surface area (Å²) >= 11 is 0. The number of hydrogen-bond donors (Lipinski definition) is 0. The minimum atomic E-state index is -3.85. The highest BCUT2D eigenvalue weighted by Gasteiger charge is 2.30. The van der Waals surface area contributed by atoms with Crippen molar-refractivity contribution in [1.29, 1.82) is 0 Å². The molecule has 0 aliphatic carbocycles. The van der Waals surface area contributed by atoms with Crippen LogP contribution in [0.4, 0.5) is 0 Å². The quantitative estimate of drug-likeness (QED) is 0.788. The van der Waals surface area contributed by atoms with Gasteiger partial charge in [-0.3, -0.25) is 4.79 Å². The Hall–Kier alpha value is -1.05. The second-order valence-corrected chi connectivity index (χ2v) is 7.96. The summed E-state index contributed by atoms with van der Waals surface area (Å²) in [4.78, 5) is 14.2. The van der Waals surface area contributed by atoms with Crippen LogP contribution in [0.25, 0.3) is 0 Å². The van der Waals surface area contributed by atoms with Crippen LogP contribution >= 0.6 is 10.7 Å². The third-order valence-corrected chi connectivity index (χ3v) is 4.97. The van der Waals surface area contributed by atoms with Gasteiger partial charge in [-0.1, -0.05) is 0 Å². The van der Waals surface area contributed by atoms with Gasteiger partial charge >= 0.3 is 0 Å². The Bertz CT molecular complexity index is 639. The van der Waals surface area contributed by atoms with Crippen molar-refractivity contribution in [3.63, 3.8) is 0 Å². The zero-order valence-corrected chi connectivity index (χ0v) is 13.8. The molecular weight excluding hydrogens is 316 g/mol. The maximum absolute atomic E-state index is 12.6. The highest BCUT2D eigenvalue weighted by molar-refractivity contribution is 8.13. The van der Waals surface area contributed by atoms with Crippen LogP contribution in [0.2, 0.25) is 0 Å². The molecule has 1 aromatic rings. The number of rotatable bonds is 4. The molecule has 1 aliphatic heterocycles. The Morgan fingerprint density at radius 1 is 1.48 bits per heavy atom. The molecule has 2 rings (SSSR count). The van der Waals surface area contributed by atoms with E-state index in [1.54, 1.807) is 16.6 Å². The average Bonchev–Trinajstić information content (AvgIpc) is 3.04. The molecule has 1 amide bonds. The lowest BCUT2D eigenvalue weighted by molar-refractivity contribution is 0.0713. The van der Waals surface area contributed by atoms with E-state index in [9.17, 15) is 13.2 Å². The lowest BCUT2D eigenvalue weighted by atomic mass is 10.3. The molecule has 0 bridgehead atoms. The molecule has 0 radical (unpaired) electrons. The van der Waals surface area contributed by atoms with E-state index >= 15 is 0 Å². The van der Waals surface area contributed by atoms with Crippen LogP contribution in [-0.4, -0.2) is 50.1 Å². The predicted octanol–water partition coefficient (Wildman–Crippen LogP) is 1.86. The highest BCUT2D eigenvalue weighted by atomic mass is 35.7. The van der Waals surface area contributed by atoms with E-state index in [2.05, 4.69) is 0 Å². The second kappa shape index (κ2) is 5.98. The van der Waals surface area contributed by atoms with Crippen molar-refractivity contribution in [2.75, 3.05) is 20.2 Å². The fourth-order valence-electron chi connectivity index (χ4n) is 2.45. The predicted molar refractivity (Wildman–Crippen MR) is 79.2 cm³/mol. The molecule has 6 nitrogen and oxygen atoms in total. The van der Waals surface area contributed by atoms with Gasteiger partial charge in [0.2, 0.25) is 0 Å². The number of aromatic nitrogens is 1. The Morgan fingerprint density at radius 2 is 2.14 bits per heavy atom. The molecule has 1 atom stereocenters. The van der Waals surface area contributed by atoms with Crippen molar-refractivity contribution in [1.82, 2.24) is 9.47 Å². The molecular formula is C13H19ClN2O4S. The zero-order valence-electron chi connectivity index (χ0n) is 12.2. The first-order valence-electron chi connectivity index (χ1n) is 6.72. The summed E-state index contributed by atoms with van der Waals surface area (Å²) in [6, 6.07) is 1.29. The third-order valence-electron chi connectivity index (χ3n) is 3.65. The van der Waals surface area contributed by atoms with Gasteiger partial charge in [0.1, 0.15) is 10.6 Å². The summed E-state index contributed by atoms with van der Waals surface area (Å²) in [5.74, 6) is -0.199. The summed E-state index contributed by atoms with van der Waals surface area (Å²) in [5.41, 5.74) is 0.334. The molecule has 2 heterocycles. The van der Waals surface area contributed by atoms with Crippen molar-refractivity contribution < 1.29 is 17.9 Å². The molecule has 0 spiro atoms. The van der Waals surface area contributed by atoms with Crippen LogP contribution in [0, 0.1) is 0 Å². The van der Waals surface area contributed by atoms with Crippen LogP contribution in [-0.2, 0) is 13.8 Å². The molecule has 1 saturated heterocycles. The van der Waals surface area contributed by atoms with Crippen molar-refractivity contribution in [2.45, 2.75) is 37.3 Å². The Balaban J connectivity index is 2.34. The molecule has 21 heavy (non-hydrogen) atoms. The van der Waals surface area contributed by atoms with Gasteiger partial charge in [0.25, 0.3) is 15.0 Å². The fourth-order valence-corrected chi connectivity index (χ4v) is 3.20. The third kappa shape index (κ3) is 3.41. The molecule has 1 unspecified atom stereocenters. The molecule has 0 saturated carbocycles. The van der Waals surface area contributed by atoms with E-state index in [0.717, 1.165) is 6.42 Å². The first kappa shape index (κ1) is 16.3. The van der Waals surface area contributed by atoms with Crippen LogP contribution < -0.4 is 0 Å². The summed E-state index contributed by atoms with van der Waals surface area (Å²) in [6.07, 6.45) is 2.22. The van der Waals surface area contributed by atoms with E-state index in [-0.39, 0.29) is 22.9 Å². The van der Waals surface area contributed by atoms with Gasteiger partial charge in [0.15, 0.2) is 0 Å². The average molecular weight is 335 g/mol. The van der Waals surface area contributed by atoms with Crippen LogP contribution in [0.3, 0.4) is 0 Å². The maximum Gasteiger partial charge on any atom is 0.270 e. The minimum Gasteiger partial charge on any atom is -0.380 e. The number of ether oxygens (including phenoxy) is 1. The summed E-state index contributed by atoms with van der Waals surface area (Å²) < 4.78 is 29.8. The van der Waals surface area contributed by atoms with Crippen molar-refractivity contribution >= 4 is 25.6 Å². The minimum absolute atomic E-state index is 0.0349. The monoisotopic (exact) mass is 334 g/mol. The Labute approximate surface area is 129 Å². The number of carbonyl (C=O) groups is 1. The number of likely N-dealkylation sites (tertiary alicyclic amines) is 1. The van der Waals surface area contributed by atoms with Gasteiger partial charge in [0.05, 0.1) is 6.10 Å². The molecule has 1 aromatic heterocycles. The van der Waals surface area contributed by atoms with Gasteiger partial charge in [-0.05, 0) is 26.3 Å². The van der Waals surface area contributed by atoms with E-state index in [1.807, 2.05) is 13.8 Å². The number of hydrogen-bond acceptors (Lipinski definition) is 4. The lowest BCUT2D eigenvalue weighted by Crippen LogP contribution is -2.31. The maximum atomic E-state index is 12.6. The SMILES string of the molecule is COC1CCN(C(=O)c2cc(S(=O)(=O)Cl)cn2C(C)C)C1. The Kier molecular flexibility index (Phi) is 4.65. The second-order valence-electron chi connectivity index (χ2n) is 5.40. The van der Waals surface area contributed by atoms with Gasteiger partial charge < -0.3 is 14.2 Å². The van der Waals surface area contributed by atoms with E-state index in [0.29, 0.717) is 18.8 Å². The lowest BCUT2D eigenvalue weighted by Gasteiger charge is -2.19. The molecule has 1 aliphatic rings. The normalized spacial score (nSPS) is 19.5. The van der Waals surface area contributed by atoms with E-state index in [4.69, 9.17) is 15.4 Å². The smallest absolute Gasteiger partial charge is 0.270 e. The molecule has 118 valence electrons. The number of amides is 1. The summed E-state index contributed by atoms with van der Waals surface area (Å²) in [5, 5.41) is 0. The molecule has 8 heteroatoms. The summed E-state index contributed by atoms with van der Waals surface area (Å²) in [7, 11) is 3.14. The van der Waals surface area contributed by atoms with Crippen molar-refractivity contribution in [3.8, 4) is 0 Å². The number of carbonyl (C=O) groups excluding carboxylic acids is 1. The van der Waals surface area contributed by atoms with Gasteiger partial charge in [-0.15, -0.1) is 0 Å². The number of halogens is 1. The largest absolute Gasteiger partial charge is 0.380 e. The first-order valence-corrected chi connectivity index (χ1v) is 9.03. The first-order chi connectivity index (χ1) is 9.74. The highest BCUT2D eigenvalue weighted by Crippen LogP contribution is 2.24. The van der Waals surface area contributed by atoms with E-state index < -0.39 is 9.05 Å². The fraction of sp³-hybridized carbons (Fsp3) is 0.615. The topological polar surface area (TPSA) is 68.6 Å². The summed E-state index contributed by atoms with van der Waals surface area (Å²) in [6.45, 7) is 4.87.